The maximum absolute atomic E-state index is 12.8. The Balaban J connectivity index is 1.39. The summed E-state index contributed by atoms with van der Waals surface area (Å²) >= 11 is 0. The number of rotatable bonds is 7. The molecule has 1 aliphatic heterocycles. The van der Waals surface area contributed by atoms with Gasteiger partial charge in [-0.25, -0.2) is 9.59 Å². The molecule has 0 radical (unpaired) electrons. The van der Waals surface area contributed by atoms with Gasteiger partial charge in [0, 0.05) is 12.5 Å². The van der Waals surface area contributed by atoms with Gasteiger partial charge in [0.05, 0.1) is 6.04 Å². The topological polar surface area (TPSA) is 114 Å². The Kier molecular flexibility index (Phi) is 6.65. The number of hydrogen-bond donors (Lipinski definition) is 3. The number of alkyl carbamates (subject to hydrolysis) is 1. The summed E-state index contributed by atoms with van der Waals surface area (Å²) in [6, 6.07) is 14.6. The average molecular weight is 453 g/mol. The Morgan fingerprint density at radius 1 is 1.06 bits per heavy atom. The van der Waals surface area contributed by atoms with Crippen molar-refractivity contribution >= 4 is 18.0 Å². The van der Waals surface area contributed by atoms with E-state index in [1.54, 1.807) is 13.8 Å². The van der Waals surface area contributed by atoms with Gasteiger partial charge in [-0.1, -0.05) is 62.4 Å². The lowest BCUT2D eigenvalue weighted by Crippen LogP contribution is -2.54. The van der Waals surface area contributed by atoms with Gasteiger partial charge in [0.1, 0.15) is 12.6 Å². The van der Waals surface area contributed by atoms with E-state index in [9.17, 15) is 19.5 Å². The number of hydrogen-bond acceptors (Lipinski definition) is 5. The number of amides is 2. The maximum Gasteiger partial charge on any atom is 0.407 e. The SMILES string of the molecule is CC(C)C(NC(=O)OCC1c2ccccc2-c2ccccc21)C(=O)NC1CCOC1C(=O)O. The molecular formula is C25H28N2O6. The van der Waals surface area contributed by atoms with Gasteiger partial charge in [0.25, 0.3) is 0 Å². The first-order valence-corrected chi connectivity index (χ1v) is 11.1. The second kappa shape index (κ2) is 9.62. The Labute approximate surface area is 192 Å². The van der Waals surface area contributed by atoms with Gasteiger partial charge in [0.2, 0.25) is 5.91 Å². The Bertz CT molecular complexity index is 1010. The molecule has 3 atom stereocenters. The highest BCUT2D eigenvalue weighted by Crippen LogP contribution is 2.44. The van der Waals surface area contributed by atoms with Crippen LogP contribution in [0.15, 0.2) is 48.5 Å². The molecule has 0 aromatic heterocycles. The molecule has 33 heavy (non-hydrogen) atoms. The molecule has 1 heterocycles. The van der Waals surface area contributed by atoms with E-state index in [0.29, 0.717) is 6.42 Å². The monoisotopic (exact) mass is 452 g/mol. The zero-order chi connectivity index (χ0) is 23.5. The molecule has 2 aliphatic rings. The van der Waals surface area contributed by atoms with Gasteiger partial charge in [0.15, 0.2) is 6.10 Å². The van der Waals surface area contributed by atoms with Crippen LogP contribution in [0.2, 0.25) is 0 Å². The second-order valence-corrected chi connectivity index (χ2v) is 8.72. The zero-order valence-electron chi connectivity index (χ0n) is 18.6. The van der Waals surface area contributed by atoms with Crippen molar-refractivity contribution in [3.05, 3.63) is 59.7 Å². The van der Waals surface area contributed by atoms with Gasteiger partial charge in [-0.15, -0.1) is 0 Å². The van der Waals surface area contributed by atoms with Crippen LogP contribution in [0.5, 0.6) is 0 Å². The van der Waals surface area contributed by atoms with E-state index in [4.69, 9.17) is 9.47 Å². The van der Waals surface area contributed by atoms with Crippen LogP contribution in [-0.4, -0.2) is 54.5 Å². The Morgan fingerprint density at radius 2 is 1.67 bits per heavy atom. The molecule has 3 unspecified atom stereocenters. The van der Waals surface area contributed by atoms with Crippen LogP contribution in [0.1, 0.15) is 37.3 Å². The molecule has 4 rings (SSSR count). The summed E-state index contributed by atoms with van der Waals surface area (Å²) in [4.78, 5) is 36.7. The van der Waals surface area contributed by atoms with Crippen LogP contribution < -0.4 is 10.6 Å². The van der Waals surface area contributed by atoms with E-state index in [0.717, 1.165) is 22.3 Å². The molecule has 0 spiro atoms. The predicted molar refractivity (Wildman–Crippen MR) is 121 cm³/mol. The molecule has 2 amide bonds. The standard InChI is InChI=1S/C25H28N2O6/c1-14(2)21(23(28)26-20-11-12-32-22(20)24(29)30)27-25(31)33-13-19-17-9-5-3-7-15(17)16-8-4-6-10-18(16)19/h3-10,14,19-22H,11-13H2,1-2H3,(H,26,28)(H,27,31)(H,29,30). The lowest BCUT2D eigenvalue weighted by molar-refractivity contribution is -0.148. The van der Waals surface area contributed by atoms with Crippen LogP contribution in [0.4, 0.5) is 4.79 Å². The van der Waals surface area contributed by atoms with Crippen LogP contribution >= 0.6 is 0 Å². The molecule has 1 fully saturated rings. The fraction of sp³-hybridized carbons (Fsp3) is 0.400. The molecule has 8 nitrogen and oxygen atoms in total. The highest BCUT2D eigenvalue weighted by atomic mass is 16.5. The fourth-order valence-electron chi connectivity index (χ4n) is 4.56. The molecule has 1 saturated heterocycles. The molecular weight excluding hydrogens is 424 g/mol. The Hall–Kier alpha value is -3.39. The molecule has 2 aromatic rings. The molecule has 3 N–H and O–H groups in total. The minimum absolute atomic E-state index is 0.0820. The Morgan fingerprint density at radius 3 is 2.24 bits per heavy atom. The number of carbonyl (C=O) groups excluding carboxylic acids is 2. The summed E-state index contributed by atoms with van der Waals surface area (Å²) in [5.74, 6) is -1.89. The van der Waals surface area contributed by atoms with E-state index in [2.05, 4.69) is 22.8 Å². The third-order valence-electron chi connectivity index (χ3n) is 6.23. The number of ether oxygens (including phenoxy) is 2. The van der Waals surface area contributed by atoms with Crippen molar-refractivity contribution in [3.8, 4) is 11.1 Å². The second-order valence-electron chi connectivity index (χ2n) is 8.72. The van der Waals surface area contributed by atoms with Crippen LogP contribution in [0.3, 0.4) is 0 Å². The number of aliphatic carboxylic acids is 1. The van der Waals surface area contributed by atoms with Gasteiger partial charge < -0.3 is 25.2 Å². The molecule has 1 aliphatic carbocycles. The van der Waals surface area contributed by atoms with Gasteiger partial charge in [-0.05, 0) is 34.6 Å². The van der Waals surface area contributed by atoms with Crippen LogP contribution in [0, 0.1) is 5.92 Å². The van der Waals surface area contributed by atoms with Crippen molar-refractivity contribution in [3.63, 3.8) is 0 Å². The number of carbonyl (C=O) groups is 3. The lowest BCUT2D eigenvalue weighted by Gasteiger charge is -2.25. The number of carboxylic acids is 1. The van der Waals surface area contributed by atoms with Gasteiger partial charge >= 0.3 is 12.1 Å². The highest BCUT2D eigenvalue weighted by molar-refractivity contribution is 5.87. The van der Waals surface area contributed by atoms with Gasteiger partial charge in [-0.3, -0.25) is 4.79 Å². The normalized spacial score (nSPS) is 20.1. The first-order chi connectivity index (χ1) is 15.9. The minimum Gasteiger partial charge on any atom is -0.479 e. The first kappa shape index (κ1) is 22.8. The molecule has 8 heteroatoms. The van der Waals surface area contributed by atoms with E-state index in [1.807, 2.05) is 36.4 Å². The van der Waals surface area contributed by atoms with Crippen LogP contribution in [0.25, 0.3) is 11.1 Å². The number of benzene rings is 2. The van der Waals surface area contributed by atoms with Crippen molar-refractivity contribution in [1.82, 2.24) is 10.6 Å². The third-order valence-corrected chi connectivity index (χ3v) is 6.23. The average Bonchev–Trinajstić information content (AvgIpc) is 3.38. The molecule has 0 saturated carbocycles. The minimum atomic E-state index is -1.12. The maximum atomic E-state index is 12.8. The molecule has 174 valence electrons. The van der Waals surface area contributed by atoms with E-state index in [-0.39, 0.29) is 25.0 Å². The first-order valence-electron chi connectivity index (χ1n) is 11.1. The molecule has 0 bridgehead atoms. The van der Waals surface area contributed by atoms with Crippen molar-refractivity contribution in [2.24, 2.45) is 5.92 Å². The number of carboxylic acid groups (broad SMARTS) is 1. The van der Waals surface area contributed by atoms with Crippen LogP contribution in [-0.2, 0) is 19.1 Å². The van der Waals surface area contributed by atoms with E-state index in [1.165, 1.54) is 0 Å². The largest absolute Gasteiger partial charge is 0.479 e. The van der Waals surface area contributed by atoms with Gasteiger partial charge in [-0.2, -0.15) is 0 Å². The zero-order valence-corrected chi connectivity index (χ0v) is 18.6. The summed E-state index contributed by atoms with van der Waals surface area (Å²) in [5.41, 5.74) is 4.47. The smallest absolute Gasteiger partial charge is 0.407 e. The van der Waals surface area contributed by atoms with Crippen molar-refractivity contribution < 1.29 is 29.0 Å². The quantitative estimate of drug-likeness (QED) is 0.595. The van der Waals surface area contributed by atoms with Crippen molar-refractivity contribution in [2.75, 3.05) is 13.2 Å². The predicted octanol–water partition coefficient (Wildman–Crippen LogP) is 2.91. The van der Waals surface area contributed by atoms with E-state index < -0.39 is 36.2 Å². The van der Waals surface area contributed by atoms with Crippen molar-refractivity contribution in [1.29, 1.82) is 0 Å². The summed E-state index contributed by atoms with van der Waals surface area (Å²) in [6.45, 7) is 4.00. The number of fused-ring (bicyclic) bond motifs is 3. The molecule has 2 aromatic carbocycles. The summed E-state index contributed by atoms with van der Waals surface area (Å²) in [7, 11) is 0. The third kappa shape index (κ3) is 4.71. The fourth-order valence-corrected chi connectivity index (χ4v) is 4.56. The summed E-state index contributed by atoms with van der Waals surface area (Å²) < 4.78 is 10.7. The highest BCUT2D eigenvalue weighted by Gasteiger charge is 2.37. The number of nitrogens with one attached hydrogen (secondary N) is 2. The van der Waals surface area contributed by atoms with E-state index >= 15 is 0 Å². The lowest BCUT2D eigenvalue weighted by atomic mass is 9.98. The van der Waals surface area contributed by atoms with Crippen molar-refractivity contribution in [2.45, 2.75) is 44.4 Å². The summed E-state index contributed by atoms with van der Waals surface area (Å²) in [5, 5.41) is 14.6. The summed E-state index contributed by atoms with van der Waals surface area (Å²) in [6.07, 6.45) is -1.38.